The minimum atomic E-state index is -1.68. The molecule has 0 radical (unpaired) electrons. The van der Waals surface area contributed by atoms with Crippen LogP contribution < -0.4 is 0 Å². The summed E-state index contributed by atoms with van der Waals surface area (Å²) in [5.41, 5.74) is 0.397. The third-order valence-electron chi connectivity index (χ3n) is 3.61. The molecule has 1 aromatic rings. The molecule has 0 heterocycles. The summed E-state index contributed by atoms with van der Waals surface area (Å²) in [4.78, 5) is 11.3. The Morgan fingerprint density at radius 2 is 1.83 bits per heavy atom. The Morgan fingerprint density at radius 1 is 1.28 bits per heavy atom. The van der Waals surface area contributed by atoms with Gasteiger partial charge < -0.3 is 10.2 Å². The highest BCUT2D eigenvalue weighted by molar-refractivity contribution is 5.78. The molecular weight excluding hydrogens is 228 g/mol. The number of aliphatic hydroxyl groups is 1. The molecule has 0 saturated carbocycles. The van der Waals surface area contributed by atoms with E-state index in [1.807, 2.05) is 31.2 Å². The average molecular weight is 250 g/mol. The van der Waals surface area contributed by atoms with Gasteiger partial charge >= 0.3 is 5.97 Å². The van der Waals surface area contributed by atoms with Crippen molar-refractivity contribution in [3.8, 4) is 0 Å². The Labute approximate surface area is 108 Å². The van der Waals surface area contributed by atoms with Gasteiger partial charge in [0.2, 0.25) is 0 Å². The van der Waals surface area contributed by atoms with Crippen molar-refractivity contribution < 1.29 is 15.0 Å². The highest BCUT2D eigenvalue weighted by atomic mass is 16.4. The van der Waals surface area contributed by atoms with Crippen LogP contribution in [-0.2, 0) is 11.2 Å². The van der Waals surface area contributed by atoms with E-state index in [-0.39, 0.29) is 6.42 Å². The predicted molar refractivity (Wildman–Crippen MR) is 71.7 cm³/mol. The van der Waals surface area contributed by atoms with Crippen molar-refractivity contribution in [3.63, 3.8) is 0 Å². The largest absolute Gasteiger partial charge is 0.479 e. The molecule has 0 bridgehead atoms. The third kappa shape index (κ3) is 2.91. The molecular formula is C15H22O3. The van der Waals surface area contributed by atoms with Crippen LogP contribution in [0.25, 0.3) is 0 Å². The smallest absolute Gasteiger partial charge is 0.336 e. The van der Waals surface area contributed by atoms with Crippen molar-refractivity contribution in [2.75, 3.05) is 0 Å². The first-order valence-electron chi connectivity index (χ1n) is 6.50. The Kier molecular flexibility index (Phi) is 4.91. The van der Waals surface area contributed by atoms with Gasteiger partial charge in [0, 0.05) is 5.92 Å². The topological polar surface area (TPSA) is 57.5 Å². The average Bonchev–Trinajstić information content (AvgIpc) is 2.38. The fourth-order valence-electron chi connectivity index (χ4n) is 2.21. The summed E-state index contributed by atoms with van der Waals surface area (Å²) < 4.78 is 0. The van der Waals surface area contributed by atoms with Crippen molar-refractivity contribution in [1.29, 1.82) is 0 Å². The molecule has 2 atom stereocenters. The first-order chi connectivity index (χ1) is 8.45. The Hall–Kier alpha value is -1.35. The van der Waals surface area contributed by atoms with Gasteiger partial charge in [-0.15, -0.1) is 0 Å². The van der Waals surface area contributed by atoms with Gasteiger partial charge in [-0.1, -0.05) is 51.5 Å². The second-order valence-electron chi connectivity index (χ2n) is 4.80. The second kappa shape index (κ2) is 6.01. The molecule has 0 fully saturated rings. The van der Waals surface area contributed by atoms with Crippen LogP contribution in [0.3, 0.4) is 0 Å². The number of carboxylic acids is 1. The monoisotopic (exact) mass is 250 g/mol. The molecule has 1 rings (SSSR count). The molecule has 0 spiro atoms. The Bertz CT molecular complexity index is 397. The quantitative estimate of drug-likeness (QED) is 0.816. The Balaban J connectivity index is 3.01. The summed E-state index contributed by atoms with van der Waals surface area (Å²) in [6.07, 6.45) is 1.85. The van der Waals surface area contributed by atoms with Crippen molar-refractivity contribution >= 4 is 5.97 Å². The number of carboxylic acid groups (broad SMARTS) is 1. The van der Waals surface area contributed by atoms with E-state index >= 15 is 0 Å². The SMILES string of the molecule is CCCC(O)(C(=O)O)C(C)c1ccc(CC)cc1. The van der Waals surface area contributed by atoms with E-state index in [0.717, 1.165) is 12.0 Å². The van der Waals surface area contributed by atoms with Crippen LogP contribution in [0.5, 0.6) is 0 Å². The van der Waals surface area contributed by atoms with Gasteiger partial charge in [-0.25, -0.2) is 4.79 Å². The summed E-state index contributed by atoms with van der Waals surface area (Å²) in [6.45, 7) is 5.72. The molecule has 3 nitrogen and oxygen atoms in total. The second-order valence-corrected chi connectivity index (χ2v) is 4.80. The van der Waals surface area contributed by atoms with Crippen LogP contribution in [0.1, 0.15) is 50.7 Å². The number of hydrogen-bond acceptors (Lipinski definition) is 2. The van der Waals surface area contributed by atoms with Crippen molar-refractivity contribution in [1.82, 2.24) is 0 Å². The normalized spacial score (nSPS) is 16.0. The minimum Gasteiger partial charge on any atom is -0.479 e. The highest BCUT2D eigenvalue weighted by Gasteiger charge is 2.41. The zero-order valence-electron chi connectivity index (χ0n) is 11.3. The number of carbonyl (C=O) groups is 1. The maximum Gasteiger partial charge on any atom is 0.336 e. The molecule has 0 aliphatic heterocycles. The third-order valence-corrected chi connectivity index (χ3v) is 3.61. The standard InChI is InChI=1S/C15H22O3/c1-4-10-15(18,14(16)17)11(3)13-8-6-12(5-2)7-9-13/h6-9,11,18H,4-5,10H2,1-3H3,(H,16,17). The number of rotatable bonds is 6. The fraction of sp³-hybridized carbons (Fsp3) is 0.533. The molecule has 2 N–H and O–H groups in total. The number of aryl methyl sites for hydroxylation is 1. The van der Waals surface area contributed by atoms with E-state index in [2.05, 4.69) is 6.92 Å². The van der Waals surface area contributed by atoms with E-state index in [1.54, 1.807) is 6.92 Å². The van der Waals surface area contributed by atoms with Crippen LogP contribution in [0.4, 0.5) is 0 Å². The molecule has 100 valence electrons. The molecule has 18 heavy (non-hydrogen) atoms. The molecule has 0 aliphatic rings. The fourth-order valence-corrected chi connectivity index (χ4v) is 2.21. The van der Waals surface area contributed by atoms with E-state index in [4.69, 9.17) is 0 Å². The summed E-state index contributed by atoms with van der Waals surface area (Å²) >= 11 is 0. The van der Waals surface area contributed by atoms with Gasteiger partial charge in [0.25, 0.3) is 0 Å². The van der Waals surface area contributed by atoms with Gasteiger partial charge in [0.1, 0.15) is 0 Å². The number of hydrogen-bond donors (Lipinski definition) is 2. The highest BCUT2D eigenvalue weighted by Crippen LogP contribution is 2.32. The molecule has 0 aliphatic carbocycles. The molecule has 0 amide bonds. The van der Waals surface area contributed by atoms with Gasteiger partial charge in [0.15, 0.2) is 5.60 Å². The first kappa shape index (κ1) is 14.7. The van der Waals surface area contributed by atoms with Gasteiger partial charge in [0.05, 0.1) is 0 Å². The van der Waals surface area contributed by atoms with Crippen molar-refractivity contribution in [3.05, 3.63) is 35.4 Å². The summed E-state index contributed by atoms with van der Waals surface area (Å²) in [6, 6.07) is 7.79. The van der Waals surface area contributed by atoms with Crippen LogP contribution >= 0.6 is 0 Å². The maximum atomic E-state index is 11.3. The van der Waals surface area contributed by atoms with Crippen LogP contribution in [-0.4, -0.2) is 21.8 Å². The summed E-state index contributed by atoms with van der Waals surface area (Å²) in [5, 5.41) is 19.6. The predicted octanol–water partition coefficient (Wildman–Crippen LogP) is 2.97. The Morgan fingerprint density at radius 3 is 2.22 bits per heavy atom. The summed E-state index contributed by atoms with van der Waals surface area (Å²) in [7, 11) is 0. The molecule has 2 unspecified atom stereocenters. The van der Waals surface area contributed by atoms with Gasteiger partial charge in [-0.2, -0.15) is 0 Å². The lowest BCUT2D eigenvalue weighted by atomic mass is 9.80. The first-order valence-corrected chi connectivity index (χ1v) is 6.50. The zero-order chi connectivity index (χ0) is 13.8. The minimum absolute atomic E-state index is 0.263. The van der Waals surface area contributed by atoms with E-state index in [0.29, 0.717) is 6.42 Å². The number of benzene rings is 1. The van der Waals surface area contributed by atoms with Crippen LogP contribution in [0.2, 0.25) is 0 Å². The number of aliphatic carboxylic acids is 1. The lowest BCUT2D eigenvalue weighted by molar-refractivity contribution is -0.161. The lowest BCUT2D eigenvalue weighted by Gasteiger charge is -2.30. The molecule has 0 aromatic heterocycles. The zero-order valence-corrected chi connectivity index (χ0v) is 11.3. The lowest BCUT2D eigenvalue weighted by Crippen LogP contribution is -2.43. The maximum absolute atomic E-state index is 11.3. The van der Waals surface area contributed by atoms with Crippen molar-refractivity contribution in [2.45, 2.75) is 51.6 Å². The van der Waals surface area contributed by atoms with Gasteiger partial charge in [-0.3, -0.25) is 0 Å². The van der Waals surface area contributed by atoms with Crippen LogP contribution in [0.15, 0.2) is 24.3 Å². The molecule has 1 aromatic carbocycles. The summed E-state index contributed by atoms with van der Waals surface area (Å²) in [5.74, 6) is -1.56. The molecule has 0 saturated heterocycles. The van der Waals surface area contributed by atoms with E-state index in [1.165, 1.54) is 5.56 Å². The molecule has 3 heteroatoms. The van der Waals surface area contributed by atoms with Gasteiger partial charge in [-0.05, 0) is 24.0 Å². The van der Waals surface area contributed by atoms with Crippen molar-refractivity contribution in [2.24, 2.45) is 0 Å². The van der Waals surface area contributed by atoms with E-state index < -0.39 is 17.5 Å². The van der Waals surface area contributed by atoms with E-state index in [9.17, 15) is 15.0 Å². The van der Waals surface area contributed by atoms with Crippen LogP contribution in [0, 0.1) is 0 Å².